The van der Waals surface area contributed by atoms with Crippen LogP contribution in [-0.2, 0) is 4.79 Å². The highest BCUT2D eigenvalue weighted by molar-refractivity contribution is 6.53. The quantitative estimate of drug-likeness (QED) is 0.306. The van der Waals surface area contributed by atoms with Crippen LogP contribution >= 0.6 is 46.4 Å². The average molecular weight is 556 g/mol. The summed E-state index contributed by atoms with van der Waals surface area (Å²) in [4.78, 5) is 25.7. The standard InChI is InChI=1S/C25H16Cl4F2N2O2/c1-2-12-7-13(9-14(26)8-12)21-22(25(21,28)29)24(35)32-16-4-5-18(27)17(11-16)23(34)33-20-6-3-15(30)10-19(20)31/h2-11,21-22H,1H2,(H,32,35)(H,33,34)/t21-,22+/m1/s1. The summed E-state index contributed by atoms with van der Waals surface area (Å²) in [5.74, 6) is -4.25. The number of benzene rings is 3. The van der Waals surface area contributed by atoms with Crippen molar-refractivity contribution in [3.8, 4) is 0 Å². The van der Waals surface area contributed by atoms with Crippen molar-refractivity contribution in [1.82, 2.24) is 0 Å². The van der Waals surface area contributed by atoms with Gasteiger partial charge in [-0.05, 0) is 53.6 Å². The van der Waals surface area contributed by atoms with Crippen molar-refractivity contribution in [1.29, 1.82) is 0 Å². The molecule has 2 atom stereocenters. The molecule has 0 aliphatic heterocycles. The van der Waals surface area contributed by atoms with Crippen molar-refractivity contribution in [2.45, 2.75) is 10.3 Å². The molecule has 2 amide bonds. The Morgan fingerprint density at radius 1 is 0.971 bits per heavy atom. The lowest BCUT2D eigenvalue weighted by molar-refractivity contribution is -0.117. The summed E-state index contributed by atoms with van der Waals surface area (Å²) in [6, 6.07) is 12.2. The van der Waals surface area contributed by atoms with Crippen molar-refractivity contribution < 1.29 is 18.4 Å². The highest BCUT2D eigenvalue weighted by Gasteiger charge is 2.67. The number of rotatable bonds is 6. The third kappa shape index (κ3) is 5.31. The smallest absolute Gasteiger partial charge is 0.257 e. The van der Waals surface area contributed by atoms with E-state index in [1.54, 1.807) is 24.3 Å². The van der Waals surface area contributed by atoms with E-state index in [-0.39, 0.29) is 22.0 Å². The zero-order valence-electron chi connectivity index (χ0n) is 17.7. The summed E-state index contributed by atoms with van der Waals surface area (Å²) >= 11 is 25.2. The first-order chi connectivity index (χ1) is 16.5. The molecule has 1 fully saturated rings. The average Bonchev–Trinajstić information content (AvgIpc) is 3.38. The van der Waals surface area contributed by atoms with E-state index in [2.05, 4.69) is 17.2 Å². The molecule has 1 saturated carbocycles. The van der Waals surface area contributed by atoms with Gasteiger partial charge in [-0.15, -0.1) is 23.2 Å². The van der Waals surface area contributed by atoms with Gasteiger partial charge in [0, 0.05) is 22.7 Å². The van der Waals surface area contributed by atoms with Crippen LogP contribution in [-0.4, -0.2) is 16.1 Å². The van der Waals surface area contributed by atoms with Gasteiger partial charge in [-0.1, -0.05) is 41.9 Å². The van der Waals surface area contributed by atoms with Crippen LogP contribution in [0.4, 0.5) is 20.2 Å². The molecule has 1 aliphatic carbocycles. The molecule has 1 aliphatic rings. The van der Waals surface area contributed by atoms with E-state index >= 15 is 0 Å². The molecule has 0 aromatic heterocycles. The van der Waals surface area contributed by atoms with Gasteiger partial charge >= 0.3 is 0 Å². The Labute approximate surface area is 219 Å². The molecule has 3 aromatic rings. The van der Waals surface area contributed by atoms with Gasteiger partial charge in [-0.25, -0.2) is 8.78 Å². The first kappa shape index (κ1) is 25.5. The Morgan fingerprint density at radius 2 is 1.71 bits per heavy atom. The number of hydrogen-bond donors (Lipinski definition) is 2. The minimum absolute atomic E-state index is 0.0333. The monoisotopic (exact) mass is 554 g/mol. The number of nitrogens with one attached hydrogen (secondary N) is 2. The normalized spacial score (nSPS) is 18.0. The maximum atomic E-state index is 13.9. The fraction of sp³-hybridized carbons (Fsp3) is 0.120. The second kappa shape index (κ2) is 9.78. The molecule has 10 heteroatoms. The predicted molar refractivity (Wildman–Crippen MR) is 137 cm³/mol. The highest BCUT2D eigenvalue weighted by Crippen LogP contribution is 2.65. The summed E-state index contributed by atoms with van der Waals surface area (Å²) in [6.45, 7) is 3.72. The molecule has 180 valence electrons. The van der Waals surface area contributed by atoms with E-state index in [9.17, 15) is 18.4 Å². The van der Waals surface area contributed by atoms with Gasteiger partial charge < -0.3 is 10.6 Å². The Bertz CT molecular complexity index is 1360. The molecule has 0 heterocycles. The molecular formula is C25H16Cl4F2N2O2. The fourth-order valence-corrected chi connectivity index (χ4v) is 5.06. The van der Waals surface area contributed by atoms with Crippen molar-refractivity contribution in [2.75, 3.05) is 10.6 Å². The van der Waals surface area contributed by atoms with Crippen LogP contribution in [0.5, 0.6) is 0 Å². The van der Waals surface area contributed by atoms with Gasteiger partial charge in [0.2, 0.25) is 5.91 Å². The zero-order valence-corrected chi connectivity index (χ0v) is 20.7. The Kier molecular flexibility index (Phi) is 7.11. The molecule has 0 unspecified atom stereocenters. The van der Waals surface area contributed by atoms with Crippen LogP contribution in [0.15, 0.2) is 61.2 Å². The van der Waals surface area contributed by atoms with E-state index in [4.69, 9.17) is 46.4 Å². The summed E-state index contributed by atoms with van der Waals surface area (Å²) < 4.78 is 25.7. The second-order valence-electron chi connectivity index (χ2n) is 7.91. The van der Waals surface area contributed by atoms with E-state index in [1.165, 1.54) is 18.2 Å². The van der Waals surface area contributed by atoms with Crippen LogP contribution in [0.1, 0.15) is 27.4 Å². The number of alkyl halides is 2. The summed E-state index contributed by atoms with van der Waals surface area (Å²) in [5.41, 5.74) is 1.44. The van der Waals surface area contributed by atoms with Crippen LogP contribution in [0, 0.1) is 17.6 Å². The maximum Gasteiger partial charge on any atom is 0.257 e. The van der Waals surface area contributed by atoms with Gasteiger partial charge in [0.05, 0.1) is 22.2 Å². The van der Waals surface area contributed by atoms with Crippen LogP contribution in [0.3, 0.4) is 0 Å². The van der Waals surface area contributed by atoms with Crippen LogP contribution < -0.4 is 10.6 Å². The second-order valence-corrected chi connectivity index (χ2v) is 10.2. The molecule has 0 bridgehead atoms. The molecule has 4 nitrogen and oxygen atoms in total. The lowest BCUT2D eigenvalue weighted by atomic mass is 10.1. The van der Waals surface area contributed by atoms with Crippen LogP contribution in [0.2, 0.25) is 10.0 Å². The summed E-state index contributed by atoms with van der Waals surface area (Å²) in [7, 11) is 0. The van der Waals surface area contributed by atoms with Gasteiger partial charge in [-0.2, -0.15) is 0 Å². The van der Waals surface area contributed by atoms with Gasteiger partial charge in [0.15, 0.2) is 0 Å². The Balaban J connectivity index is 1.52. The van der Waals surface area contributed by atoms with E-state index in [1.807, 2.05) is 0 Å². The summed E-state index contributed by atoms with van der Waals surface area (Å²) in [5, 5.41) is 5.53. The van der Waals surface area contributed by atoms with Crippen molar-refractivity contribution in [3.63, 3.8) is 0 Å². The van der Waals surface area contributed by atoms with Crippen molar-refractivity contribution in [2.24, 2.45) is 5.92 Å². The number of carbonyl (C=O) groups is 2. The third-order valence-corrected chi connectivity index (χ3v) is 7.02. The van der Waals surface area contributed by atoms with E-state index in [0.29, 0.717) is 16.7 Å². The molecule has 35 heavy (non-hydrogen) atoms. The van der Waals surface area contributed by atoms with E-state index in [0.717, 1.165) is 17.7 Å². The lowest BCUT2D eigenvalue weighted by Gasteiger charge is -2.11. The number of amides is 2. The van der Waals surface area contributed by atoms with Crippen LogP contribution in [0.25, 0.3) is 6.08 Å². The fourth-order valence-electron chi connectivity index (χ4n) is 3.78. The summed E-state index contributed by atoms with van der Waals surface area (Å²) in [6.07, 6.45) is 1.62. The minimum Gasteiger partial charge on any atom is -0.326 e. The molecule has 3 aromatic carbocycles. The topological polar surface area (TPSA) is 58.2 Å². The predicted octanol–water partition coefficient (Wildman–Crippen LogP) is 7.69. The first-order valence-corrected chi connectivity index (χ1v) is 11.7. The van der Waals surface area contributed by atoms with Gasteiger partial charge in [0.25, 0.3) is 5.91 Å². The minimum atomic E-state index is -1.36. The van der Waals surface area contributed by atoms with Crippen molar-refractivity contribution >= 4 is 75.7 Å². The first-order valence-electron chi connectivity index (χ1n) is 10.2. The highest BCUT2D eigenvalue weighted by atomic mass is 35.5. The molecule has 2 N–H and O–H groups in total. The SMILES string of the molecule is C=Cc1cc(Cl)cc([C@@H]2[C@@H](C(=O)Nc3ccc(Cl)c(C(=O)Nc4ccc(F)cc4F)c3)C2(Cl)Cl)c1. The Hall–Kier alpha value is -2.64. The lowest BCUT2D eigenvalue weighted by Crippen LogP contribution is -2.18. The largest absolute Gasteiger partial charge is 0.326 e. The number of anilines is 2. The molecule has 0 saturated heterocycles. The third-order valence-electron chi connectivity index (χ3n) is 5.53. The molecule has 0 spiro atoms. The van der Waals surface area contributed by atoms with Crippen molar-refractivity contribution in [3.05, 3.63) is 99.5 Å². The number of halogens is 6. The van der Waals surface area contributed by atoms with Gasteiger partial charge in [0.1, 0.15) is 16.0 Å². The Morgan fingerprint density at radius 3 is 2.40 bits per heavy atom. The number of carbonyl (C=O) groups excluding carboxylic acids is 2. The molecule has 4 rings (SSSR count). The van der Waals surface area contributed by atoms with E-state index < -0.39 is 39.6 Å². The van der Waals surface area contributed by atoms with Gasteiger partial charge in [-0.3, -0.25) is 9.59 Å². The maximum absolute atomic E-state index is 13.9. The number of hydrogen-bond acceptors (Lipinski definition) is 2. The zero-order chi connectivity index (χ0) is 25.5. The molecule has 0 radical (unpaired) electrons. The molecular weight excluding hydrogens is 540 g/mol.